The Morgan fingerprint density at radius 3 is 2.19 bits per heavy atom. The van der Waals surface area contributed by atoms with Crippen LogP contribution in [0.15, 0.2) is 0 Å². The van der Waals surface area contributed by atoms with Crippen LogP contribution in [-0.4, -0.2) is 35.3 Å². The zero-order valence-corrected chi connectivity index (χ0v) is 13.8. The number of hydrogen-bond donors (Lipinski definition) is 1. The summed E-state index contributed by atoms with van der Waals surface area (Å²) in [7, 11) is 0. The molecule has 21 heavy (non-hydrogen) atoms. The molecule has 4 heteroatoms. The molecule has 1 aliphatic heterocycles. The first-order valence-corrected chi connectivity index (χ1v) is 8.67. The molecule has 0 bridgehead atoms. The van der Waals surface area contributed by atoms with Gasteiger partial charge in [-0.05, 0) is 51.5 Å². The first kappa shape index (κ1) is 16.5. The van der Waals surface area contributed by atoms with E-state index in [2.05, 4.69) is 12.2 Å². The van der Waals surface area contributed by atoms with Crippen molar-refractivity contribution in [3.05, 3.63) is 0 Å². The lowest BCUT2D eigenvalue weighted by Gasteiger charge is -2.35. The van der Waals surface area contributed by atoms with E-state index in [1.807, 2.05) is 13.8 Å². The minimum Gasteiger partial charge on any atom is -0.314 e. The Morgan fingerprint density at radius 2 is 1.71 bits per heavy atom. The van der Waals surface area contributed by atoms with Gasteiger partial charge in [0, 0.05) is 18.5 Å². The average Bonchev–Trinajstić information content (AvgIpc) is 2.77. The number of hydrogen-bond acceptors (Lipinski definition) is 3. The number of carbonyl (C=O) groups excluding carboxylic acids is 2. The van der Waals surface area contributed by atoms with Crippen molar-refractivity contribution in [2.75, 3.05) is 6.54 Å². The molecule has 0 spiro atoms. The Balaban J connectivity index is 1.97. The highest BCUT2D eigenvalue weighted by Gasteiger charge is 2.51. The fourth-order valence-electron chi connectivity index (χ4n) is 3.88. The SMILES string of the molecule is CCCNC1CCC(N2C(=O)CC(CC)(CC)C2=O)CC1. The van der Waals surface area contributed by atoms with Gasteiger partial charge in [0.2, 0.25) is 11.8 Å². The third kappa shape index (κ3) is 3.15. The van der Waals surface area contributed by atoms with Crippen LogP contribution in [0.1, 0.15) is 72.1 Å². The summed E-state index contributed by atoms with van der Waals surface area (Å²) in [5.74, 6) is 0.163. The van der Waals surface area contributed by atoms with Gasteiger partial charge in [-0.15, -0.1) is 0 Å². The van der Waals surface area contributed by atoms with Crippen LogP contribution >= 0.6 is 0 Å². The minimum atomic E-state index is -0.408. The molecule has 0 atom stereocenters. The maximum absolute atomic E-state index is 12.7. The largest absolute Gasteiger partial charge is 0.314 e. The molecule has 1 saturated carbocycles. The van der Waals surface area contributed by atoms with Gasteiger partial charge in [-0.1, -0.05) is 20.8 Å². The third-order valence-electron chi connectivity index (χ3n) is 5.53. The molecule has 0 aromatic carbocycles. The maximum atomic E-state index is 12.7. The summed E-state index contributed by atoms with van der Waals surface area (Å²) in [4.78, 5) is 26.7. The van der Waals surface area contributed by atoms with Gasteiger partial charge in [0.05, 0.1) is 5.41 Å². The number of nitrogens with zero attached hydrogens (tertiary/aromatic N) is 1. The van der Waals surface area contributed by atoms with Gasteiger partial charge in [0.1, 0.15) is 0 Å². The average molecular weight is 294 g/mol. The molecule has 1 aliphatic carbocycles. The van der Waals surface area contributed by atoms with Gasteiger partial charge in [0.25, 0.3) is 0 Å². The first-order chi connectivity index (χ1) is 10.1. The Kier molecular flexibility index (Phi) is 5.42. The summed E-state index contributed by atoms with van der Waals surface area (Å²) in [5.41, 5.74) is -0.408. The number of likely N-dealkylation sites (tertiary alicyclic amines) is 1. The Bertz CT molecular complexity index is 382. The van der Waals surface area contributed by atoms with Crippen molar-refractivity contribution in [1.29, 1.82) is 0 Å². The van der Waals surface area contributed by atoms with Crippen molar-refractivity contribution in [2.45, 2.75) is 84.2 Å². The monoisotopic (exact) mass is 294 g/mol. The van der Waals surface area contributed by atoms with Crippen molar-refractivity contribution in [3.8, 4) is 0 Å². The van der Waals surface area contributed by atoms with Crippen LogP contribution in [0.2, 0.25) is 0 Å². The van der Waals surface area contributed by atoms with Crippen LogP contribution in [0.25, 0.3) is 0 Å². The lowest BCUT2D eigenvalue weighted by atomic mass is 9.80. The molecule has 1 saturated heterocycles. The lowest BCUT2D eigenvalue weighted by molar-refractivity contribution is -0.145. The predicted molar refractivity (Wildman–Crippen MR) is 83.8 cm³/mol. The molecule has 1 heterocycles. The fraction of sp³-hybridized carbons (Fsp3) is 0.882. The maximum Gasteiger partial charge on any atom is 0.236 e. The molecule has 0 unspecified atom stereocenters. The van der Waals surface area contributed by atoms with Gasteiger partial charge >= 0.3 is 0 Å². The second-order valence-corrected chi connectivity index (χ2v) is 6.69. The van der Waals surface area contributed by atoms with Crippen molar-refractivity contribution in [2.24, 2.45) is 5.41 Å². The number of nitrogens with one attached hydrogen (secondary N) is 1. The number of amides is 2. The van der Waals surface area contributed by atoms with E-state index in [-0.39, 0.29) is 17.9 Å². The summed E-state index contributed by atoms with van der Waals surface area (Å²) in [6.07, 6.45) is 7.20. The van der Waals surface area contributed by atoms with Gasteiger partial charge in [-0.25, -0.2) is 0 Å². The topological polar surface area (TPSA) is 49.4 Å². The Hall–Kier alpha value is -0.900. The predicted octanol–water partition coefficient (Wildman–Crippen LogP) is 2.86. The summed E-state index contributed by atoms with van der Waals surface area (Å²) in [6, 6.07) is 0.709. The third-order valence-corrected chi connectivity index (χ3v) is 5.53. The Morgan fingerprint density at radius 1 is 1.10 bits per heavy atom. The van der Waals surface area contributed by atoms with Gasteiger partial charge < -0.3 is 5.32 Å². The quantitative estimate of drug-likeness (QED) is 0.766. The fourth-order valence-corrected chi connectivity index (χ4v) is 3.88. The summed E-state index contributed by atoms with van der Waals surface area (Å²) in [6.45, 7) is 7.30. The standard InChI is InChI=1S/C17H30N2O2/c1-4-11-18-13-7-9-14(10-8-13)19-15(20)12-17(5-2,6-3)16(19)21/h13-14,18H,4-12H2,1-3H3. The second kappa shape index (κ2) is 6.91. The van der Waals surface area contributed by atoms with Gasteiger partial charge in [-0.2, -0.15) is 0 Å². The molecular formula is C17H30N2O2. The molecular weight excluding hydrogens is 264 g/mol. The molecule has 0 radical (unpaired) electrons. The molecule has 2 aliphatic rings. The number of carbonyl (C=O) groups is 2. The van der Waals surface area contributed by atoms with E-state index in [4.69, 9.17) is 0 Å². The van der Waals surface area contributed by atoms with Crippen LogP contribution in [-0.2, 0) is 9.59 Å². The molecule has 120 valence electrons. The van der Waals surface area contributed by atoms with E-state index in [1.54, 1.807) is 4.90 Å². The molecule has 1 N–H and O–H groups in total. The van der Waals surface area contributed by atoms with Crippen molar-refractivity contribution >= 4 is 11.8 Å². The smallest absolute Gasteiger partial charge is 0.236 e. The summed E-state index contributed by atoms with van der Waals surface area (Å²) >= 11 is 0. The lowest BCUT2D eigenvalue weighted by Crippen LogP contribution is -2.46. The van der Waals surface area contributed by atoms with E-state index in [9.17, 15) is 9.59 Å². The highest BCUT2D eigenvalue weighted by molar-refractivity contribution is 6.06. The Labute approximate surface area is 128 Å². The zero-order valence-electron chi connectivity index (χ0n) is 13.8. The van der Waals surface area contributed by atoms with E-state index < -0.39 is 5.41 Å². The number of rotatable bonds is 6. The van der Waals surface area contributed by atoms with E-state index in [1.165, 1.54) is 0 Å². The second-order valence-electron chi connectivity index (χ2n) is 6.69. The summed E-state index contributed by atoms with van der Waals surface area (Å²) in [5, 5.41) is 3.56. The van der Waals surface area contributed by atoms with Gasteiger partial charge in [-0.3, -0.25) is 14.5 Å². The van der Waals surface area contributed by atoms with Crippen molar-refractivity contribution in [1.82, 2.24) is 10.2 Å². The molecule has 0 aromatic heterocycles. The normalized spacial score (nSPS) is 29.2. The zero-order chi connectivity index (χ0) is 15.5. The molecule has 2 amide bonds. The van der Waals surface area contributed by atoms with Crippen LogP contribution in [0.3, 0.4) is 0 Å². The minimum absolute atomic E-state index is 0.0636. The first-order valence-electron chi connectivity index (χ1n) is 8.67. The van der Waals surface area contributed by atoms with Crippen LogP contribution < -0.4 is 5.32 Å². The highest BCUT2D eigenvalue weighted by atomic mass is 16.2. The molecule has 2 rings (SSSR count). The van der Waals surface area contributed by atoms with Crippen LogP contribution in [0.4, 0.5) is 0 Å². The number of imide groups is 1. The van der Waals surface area contributed by atoms with Crippen molar-refractivity contribution in [3.63, 3.8) is 0 Å². The van der Waals surface area contributed by atoms with Crippen LogP contribution in [0.5, 0.6) is 0 Å². The van der Waals surface area contributed by atoms with E-state index in [0.717, 1.165) is 51.5 Å². The molecule has 4 nitrogen and oxygen atoms in total. The summed E-state index contributed by atoms with van der Waals surface area (Å²) < 4.78 is 0. The van der Waals surface area contributed by atoms with E-state index in [0.29, 0.717) is 12.5 Å². The van der Waals surface area contributed by atoms with Gasteiger partial charge in [0.15, 0.2) is 0 Å². The van der Waals surface area contributed by atoms with Crippen LogP contribution in [0, 0.1) is 5.41 Å². The van der Waals surface area contributed by atoms with Crippen molar-refractivity contribution < 1.29 is 9.59 Å². The van der Waals surface area contributed by atoms with E-state index >= 15 is 0 Å². The molecule has 2 fully saturated rings. The molecule has 0 aromatic rings. The highest BCUT2D eigenvalue weighted by Crippen LogP contribution is 2.41.